The fourth-order valence-corrected chi connectivity index (χ4v) is 3.55. The smallest absolute Gasteiger partial charge is 0.192 e. The summed E-state index contributed by atoms with van der Waals surface area (Å²) in [6, 6.07) is 5.82. The van der Waals surface area contributed by atoms with Crippen LogP contribution in [0.5, 0.6) is 0 Å². The zero-order valence-corrected chi connectivity index (χ0v) is 14.9. The van der Waals surface area contributed by atoms with E-state index < -0.39 is 17.5 Å². The number of halogens is 4. The monoisotopic (exact) mass is 401 g/mol. The van der Waals surface area contributed by atoms with Gasteiger partial charge in [0.05, 0.1) is 15.6 Å². The molecule has 0 saturated carbocycles. The Balaban J connectivity index is 1.70. The standard InChI is InChI=1S/C16H11ClF3N3S2/c17-11-6-15(25-23-16-21-3-4-24-16)13(20)7-14(11)22-8-9-5-10(18)1-2-12(9)19/h1-7,22H,8H2,(H,21,23). The van der Waals surface area contributed by atoms with Crippen LogP contribution in [0, 0.1) is 17.5 Å². The van der Waals surface area contributed by atoms with Gasteiger partial charge in [0.2, 0.25) is 0 Å². The van der Waals surface area contributed by atoms with Crippen molar-refractivity contribution in [3.8, 4) is 0 Å². The molecule has 1 aromatic heterocycles. The average molecular weight is 402 g/mol. The molecule has 0 amide bonds. The molecule has 2 N–H and O–H groups in total. The van der Waals surface area contributed by atoms with Crippen LogP contribution in [0.25, 0.3) is 0 Å². The number of anilines is 2. The lowest BCUT2D eigenvalue weighted by molar-refractivity contribution is 0.587. The van der Waals surface area contributed by atoms with Gasteiger partial charge in [0.15, 0.2) is 5.13 Å². The van der Waals surface area contributed by atoms with Crippen LogP contribution < -0.4 is 10.0 Å². The molecule has 2 aromatic carbocycles. The van der Waals surface area contributed by atoms with Crippen molar-refractivity contribution in [1.82, 2.24) is 4.98 Å². The largest absolute Gasteiger partial charge is 0.380 e. The summed E-state index contributed by atoms with van der Waals surface area (Å²) < 4.78 is 43.9. The second kappa shape index (κ2) is 7.99. The highest BCUT2D eigenvalue weighted by atomic mass is 35.5. The van der Waals surface area contributed by atoms with Crippen LogP contribution in [0.3, 0.4) is 0 Å². The first-order valence-electron chi connectivity index (χ1n) is 7.02. The number of hydrogen-bond donors (Lipinski definition) is 2. The van der Waals surface area contributed by atoms with Crippen LogP contribution in [0.1, 0.15) is 5.56 Å². The second-order valence-corrected chi connectivity index (χ2v) is 7.04. The number of benzene rings is 2. The van der Waals surface area contributed by atoms with Crippen molar-refractivity contribution in [1.29, 1.82) is 0 Å². The number of nitrogens with zero attached hydrogens (tertiary/aromatic N) is 1. The SMILES string of the molecule is Fc1ccc(F)c(CNc2cc(F)c(SNc3nccs3)cc2Cl)c1. The topological polar surface area (TPSA) is 37.0 Å². The third kappa shape index (κ3) is 4.59. The van der Waals surface area contributed by atoms with E-state index >= 15 is 0 Å². The van der Waals surface area contributed by atoms with Crippen molar-refractivity contribution in [2.75, 3.05) is 10.0 Å². The summed E-state index contributed by atoms with van der Waals surface area (Å²) in [4.78, 5) is 4.33. The van der Waals surface area contributed by atoms with Gasteiger partial charge in [-0.15, -0.1) is 11.3 Å². The summed E-state index contributed by atoms with van der Waals surface area (Å²) in [5.41, 5.74) is 0.418. The van der Waals surface area contributed by atoms with Crippen molar-refractivity contribution in [2.45, 2.75) is 11.4 Å². The number of aromatic nitrogens is 1. The van der Waals surface area contributed by atoms with Gasteiger partial charge >= 0.3 is 0 Å². The molecule has 25 heavy (non-hydrogen) atoms. The normalized spacial score (nSPS) is 10.7. The Labute approximate surface area is 155 Å². The van der Waals surface area contributed by atoms with Crippen LogP contribution in [-0.4, -0.2) is 4.98 Å². The predicted octanol–water partition coefficient (Wildman–Crippen LogP) is 5.95. The van der Waals surface area contributed by atoms with E-state index in [1.807, 2.05) is 0 Å². The Kier molecular flexibility index (Phi) is 5.72. The molecule has 0 saturated heterocycles. The third-order valence-electron chi connectivity index (χ3n) is 3.18. The lowest BCUT2D eigenvalue weighted by Crippen LogP contribution is -2.03. The molecule has 0 unspecified atom stereocenters. The molecule has 3 nitrogen and oxygen atoms in total. The summed E-state index contributed by atoms with van der Waals surface area (Å²) >= 11 is 8.58. The summed E-state index contributed by atoms with van der Waals surface area (Å²) in [6.07, 6.45) is 1.63. The van der Waals surface area contributed by atoms with E-state index in [-0.39, 0.29) is 17.1 Å². The van der Waals surface area contributed by atoms with Gasteiger partial charge in [-0.1, -0.05) is 11.6 Å². The molecule has 0 bridgehead atoms. The van der Waals surface area contributed by atoms with E-state index in [1.54, 1.807) is 11.6 Å². The molecule has 0 aliphatic heterocycles. The molecule has 0 fully saturated rings. The van der Waals surface area contributed by atoms with E-state index in [2.05, 4.69) is 15.0 Å². The minimum Gasteiger partial charge on any atom is -0.380 e. The molecular formula is C16H11ClF3N3S2. The zero-order valence-electron chi connectivity index (χ0n) is 12.5. The Hall–Kier alpha value is -1.90. The summed E-state index contributed by atoms with van der Waals surface area (Å²) in [6.45, 7) is -0.0212. The molecule has 0 aliphatic rings. The van der Waals surface area contributed by atoms with E-state index in [1.165, 1.54) is 23.5 Å². The van der Waals surface area contributed by atoms with Crippen molar-refractivity contribution in [3.63, 3.8) is 0 Å². The molecule has 0 spiro atoms. The summed E-state index contributed by atoms with van der Waals surface area (Å²) in [7, 11) is 0. The molecule has 130 valence electrons. The lowest BCUT2D eigenvalue weighted by Gasteiger charge is -2.12. The molecule has 0 radical (unpaired) electrons. The first-order valence-corrected chi connectivity index (χ1v) is 9.09. The van der Waals surface area contributed by atoms with E-state index in [0.717, 1.165) is 30.1 Å². The summed E-state index contributed by atoms with van der Waals surface area (Å²) in [5, 5.41) is 5.52. The molecular weight excluding hydrogens is 391 g/mol. The average Bonchev–Trinajstić information content (AvgIpc) is 3.10. The van der Waals surface area contributed by atoms with Gasteiger partial charge in [0.1, 0.15) is 17.5 Å². The Morgan fingerprint density at radius 1 is 1.12 bits per heavy atom. The maximum Gasteiger partial charge on any atom is 0.192 e. The van der Waals surface area contributed by atoms with Crippen LogP contribution in [0.4, 0.5) is 24.0 Å². The van der Waals surface area contributed by atoms with Crippen LogP contribution in [0.2, 0.25) is 5.02 Å². The highest BCUT2D eigenvalue weighted by Gasteiger charge is 2.11. The second-order valence-electron chi connectivity index (χ2n) is 4.89. The fourth-order valence-electron chi connectivity index (χ4n) is 1.98. The highest BCUT2D eigenvalue weighted by molar-refractivity contribution is 8.00. The number of thiazole rings is 1. The number of nitrogens with one attached hydrogen (secondary N) is 2. The van der Waals surface area contributed by atoms with E-state index in [4.69, 9.17) is 11.6 Å². The zero-order chi connectivity index (χ0) is 17.8. The summed E-state index contributed by atoms with van der Waals surface area (Å²) in [5.74, 6) is -1.60. The van der Waals surface area contributed by atoms with E-state index in [0.29, 0.717) is 15.7 Å². The van der Waals surface area contributed by atoms with Crippen molar-refractivity contribution >= 4 is 45.7 Å². The van der Waals surface area contributed by atoms with Gasteiger partial charge in [0, 0.05) is 23.7 Å². The molecule has 3 rings (SSSR count). The van der Waals surface area contributed by atoms with Crippen molar-refractivity contribution < 1.29 is 13.2 Å². The van der Waals surface area contributed by atoms with Gasteiger partial charge in [-0.25, -0.2) is 18.2 Å². The van der Waals surface area contributed by atoms with Crippen molar-refractivity contribution in [3.05, 3.63) is 69.9 Å². The molecule has 0 atom stereocenters. The Morgan fingerprint density at radius 3 is 2.72 bits per heavy atom. The maximum atomic E-state index is 14.2. The highest BCUT2D eigenvalue weighted by Crippen LogP contribution is 2.32. The van der Waals surface area contributed by atoms with E-state index in [9.17, 15) is 13.2 Å². The van der Waals surface area contributed by atoms with Crippen LogP contribution in [0.15, 0.2) is 46.8 Å². The van der Waals surface area contributed by atoms with Crippen molar-refractivity contribution in [2.24, 2.45) is 0 Å². The number of hydrogen-bond acceptors (Lipinski definition) is 5. The maximum absolute atomic E-state index is 14.2. The Morgan fingerprint density at radius 2 is 1.96 bits per heavy atom. The predicted molar refractivity (Wildman–Crippen MR) is 96.7 cm³/mol. The minimum atomic E-state index is -0.551. The van der Waals surface area contributed by atoms with Gasteiger partial charge in [-0.2, -0.15) is 0 Å². The Bertz CT molecular complexity index is 875. The fraction of sp³-hybridized carbons (Fsp3) is 0.0625. The first-order chi connectivity index (χ1) is 12.0. The van der Waals surface area contributed by atoms with Gasteiger partial charge in [-0.05, 0) is 42.3 Å². The third-order valence-corrected chi connectivity index (χ3v) is 5.14. The minimum absolute atomic E-state index is 0.0212. The first kappa shape index (κ1) is 17.9. The van der Waals surface area contributed by atoms with Gasteiger partial charge < -0.3 is 10.0 Å². The molecule has 0 aliphatic carbocycles. The molecule has 1 heterocycles. The number of rotatable bonds is 6. The molecule has 3 aromatic rings. The van der Waals surface area contributed by atoms with Gasteiger partial charge in [0.25, 0.3) is 0 Å². The lowest BCUT2D eigenvalue weighted by atomic mass is 10.2. The van der Waals surface area contributed by atoms with Crippen LogP contribution >= 0.6 is 34.9 Å². The quantitative estimate of drug-likeness (QED) is 0.501. The van der Waals surface area contributed by atoms with Gasteiger partial charge in [-0.3, -0.25) is 0 Å². The molecule has 9 heteroatoms. The van der Waals surface area contributed by atoms with Crippen LogP contribution in [-0.2, 0) is 6.54 Å².